The van der Waals surface area contributed by atoms with Crippen LogP contribution in [0.5, 0.6) is 11.5 Å². The lowest BCUT2D eigenvalue weighted by molar-refractivity contribution is 0.397. The molecule has 2 aromatic rings. The highest BCUT2D eigenvalue weighted by atomic mass is 31.1. The molecule has 0 N–H and O–H groups in total. The molecule has 0 radical (unpaired) electrons. The second-order valence-corrected chi connectivity index (χ2v) is 10.3. The fourth-order valence-corrected chi connectivity index (χ4v) is 7.80. The second-order valence-electron chi connectivity index (χ2n) is 7.75. The fourth-order valence-electron chi connectivity index (χ4n) is 4.48. The van der Waals surface area contributed by atoms with Crippen molar-refractivity contribution >= 4 is 13.2 Å². The number of benzene rings is 2. The van der Waals surface area contributed by atoms with Gasteiger partial charge in [-0.1, -0.05) is 77.3 Å². The first-order valence-corrected chi connectivity index (χ1v) is 12.5. The summed E-state index contributed by atoms with van der Waals surface area (Å²) in [5.74, 6) is 1.80. The third kappa shape index (κ3) is 4.90. The molecule has 3 rings (SSSR count). The molecule has 28 heavy (non-hydrogen) atoms. The van der Waals surface area contributed by atoms with Gasteiger partial charge in [-0.2, -0.15) is 0 Å². The van der Waals surface area contributed by atoms with Gasteiger partial charge in [0.25, 0.3) is 0 Å². The summed E-state index contributed by atoms with van der Waals surface area (Å²) in [7, 11) is 3.34. The Hall–Kier alpha value is -1.53. The molecule has 2 nitrogen and oxygen atoms in total. The van der Waals surface area contributed by atoms with Crippen LogP contribution in [0.15, 0.2) is 42.5 Å². The van der Waals surface area contributed by atoms with Crippen LogP contribution < -0.4 is 14.8 Å². The third-order valence-corrected chi connectivity index (χ3v) is 9.13. The smallest absolute Gasteiger partial charge is 0.130 e. The van der Waals surface area contributed by atoms with E-state index in [9.17, 15) is 0 Å². The summed E-state index contributed by atoms with van der Waals surface area (Å²) in [5, 5.41) is 1.54. The topological polar surface area (TPSA) is 18.5 Å². The van der Waals surface area contributed by atoms with E-state index in [1.165, 1.54) is 63.1 Å². The quantitative estimate of drug-likeness (QED) is 0.334. The Morgan fingerprint density at radius 1 is 0.857 bits per heavy atom. The van der Waals surface area contributed by atoms with Gasteiger partial charge in [-0.15, -0.1) is 0 Å². The van der Waals surface area contributed by atoms with Crippen LogP contribution in [0.1, 0.15) is 58.3 Å². The molecular weight excluding hydrogens is 363 g/mol. The number of hydrogen-bond donors (Lipinski definition) is 0. The normalized spacial score (nSPS) is 16.0. The van der Waals surface area contributed by atoms with Crippen molar-refractivity contribution in [1.82, 2.24) is 0 Å². The highest BCUT2D eigenvalue weighted by molar-refractivity contribution is 7.66. The predicted molar refractivity (Wildman–Crippen MR) is 123 cm³/mol. The van der Waals surface area contributed by atoms with Gasteiger partial charge in [0.15, 0.2) is 0 Å². The molecule has 1 aliphatic rings. The maximum atomic E-state index is 5.75. The van der Waals surface area contributed by atoms with Gasteiger partial charge in [0.2, 0.25) is 0 Å². The van der Waals surface area contributed by atoms with Crippen LogP contribution in [0.25, 0.3) is 11.1 Å². The first-order valence-electron chi connectivity index (χ1n) is 10.9. The standard InChI is InChI=1S/C25H35O2P/c1-4-5-11-19-28(20-13-7-6-8-14-20)24-18-10-9-15-21(24)25-22(26-2)16-12-17-23(25)27-3/h9-10,12,15-18,20H,4-8,11,13-14,19H2,1-3H3. The largest absolute Gasteiger partial charge is 0.496 e. The van der Waals surface area contributed by atoms with E-state index < -0.39 is 0 Å². The van der Waals surface area contributed by atoms with Crippen LogP contribution in [0.2, 0.25) is 0 Å². The lowest BCUT2D eigenvalue weighted by Crippen LogP contribution is -2.20. The summed E-state index contributed by atoms with van der Waals surface area (Å²) >= 11 is 0. The minimum absolute atomic E-state index is 0.176. The molecule has 2 aromatic carbocycles. The monoisotopic (exact) mass is 398 g/mol. The van der Waals surface area contributed by atoms with Crippen molar-refractivity contribution in [3.05, 3.63) is 42.5 Å². The molecule has 1 saturated carbocycles. The van der Waals surface area contributed by atoms with Crippen molar-refractivity contribution < 1.29 is 9.47 Å². The molecule has 3 heteroatoms. The SMILES string of the molecule is CCCCCP(c1ccccc1-c1c(OC)cccc1OC)C1CCCCC1. The number of rotatable bonds is 9. The molecule has 152 valence electrons. The van der Waals surface area contributed by atoms with E-state index in [0.717, 1.165) is 22.7 Å². The molecule has 0 amide bonds. The average molecular weight is 399 g/mol. The molecule has 0 saturated heterocycles. The van der Waals surface area contributed by atoms with Gasteiger partial charge in [0.1, 0.15) is 11.5 Å². The van der Waals surface area contributed by atoms with Gasteiger partial charge >= 0.3 is 0 Å². The van der Waals surface area contributed by atoms with Crippen LogP contribution in [0, 0.1) is 0 Å². The number of hydrogen-bond acceptors (Lipinski definition) is 2. The molecule has 1 atom stereocenters. The molecule has 0 spiro atoms. The molecule has 0 aliphatic heterocycles. The van der Waals surface area contributed by atoms with E-state index in [2.05, 4.69) is 43.3 Å². The number of unbranched alkanes of at least 4 members (excludes halogenated alkanes) is 2. The zero-order valence-electron chi connectivity index (χ0n) is 17.7. The van der Waals surface area contributed by atoms with E-state index in [1.807, 2.05) is 6.07 Å². The minimum atomic E-state index is -0.176. The molecule has 1 aliphatic carbocycles. The van der Waals surface area contributed by atoms with Gasteiger partial charge in [-0.3, -0.25) is 0 Å². The average Bonchev–Trinajstić information content (AvgIpc) is 2.77. The minimum Gasteiger partial charge on any atom is -0.496 e. The van der Waals surface area contributed by atoms with Crippen molar-refractivity contribution in [2.75, 3.05) is 20.4 Å². The lowest BCUT2D eigenvalue weighted by Gasteiger charge is -2.33. The van der Waals surface area contributed by atoms with Crippen molar-refractivity contribution in [2.45, 2.75) is 63.9 Å². The Morgan fingerprint density at radius 2 is 1.54 bits per heavy atom. The van der Waals surface area contributed by atoms with E-state index in [0.29, 0.717) is 0 Å². The molecule has 1 unspecified atom stereocenters. The molecular formula is C25H35O2P. The van der Waals surface area contributed by atoms with Crippen LogP contribution in [-0.2, 0) is 0 Å². The molecule has 0 bridgehead atoms. The van der Waals surface area contributed by atoms with Crippen molar-refractivity contribution in [3.63, 3.8) is 0 Å². The molecule has 0 aromatic heterocycles. The maximum Gasteiger partial charge on any atom is 0.130 e. The highest BCUT2D eigenvalue weighted by Crippen LogP contribution is 2.51. The van der Waals surface area contributed by atoms with E-state index in [4.69, 9.17) is 9.47 Å². The maximum absolute atomic E-state index is 5.75. The number of ether oxygens (including phenoxy) is 2. The van der Waals surface area contributed by atoms with Crippen LogP contribution in [0.4, 0.5) is 0 Å². The van der Waals surface area contributed by atoms with E-state index in [1.54, 1.807) is 19.5 Å². The zero-order chi connectivity index (χ0) is 19.8. The van der Waals surface area contributed by atoms with Gasteiger partial charge in [-0.25, -0.2) is 0 Å². The summed E-state index contributed by atoms with van der Waals surface area (Å²) in [6.45, 7) is 2.30. The Balaban J connectivity index is 2.05. The van der Waals surface area contributed by atoms with Gasteiger partial charge in [0, 0.05) is 0 Å². The lowest BCUT2D eigenvalue weighted by atomic mass is 10.0. The van der Waals surface area contributed by atoms with Crippen LogP contribution in [0.3, 0.4) is 0 Å². The summed E-state index contributed by atoms with van der Waals surface area (Å²) in [6, 6.07) is 15.1. The summed E-state index contributed by atoms with van der Waals surface area (Å²) in [5.41, 5.74) is 3.29. The Kier molecular flexibility index (Phi) is 8.22. The van der Waals surface area contributed by atoms with Gasteiger partial charge in [0.05, 0.1) is 19.8 Å². The zero-order valence-corrected chi connectivity index (χ0v) is 18.6. The van der Waals surface area contributed by atoms with Gasteiger partial charge < -0.3 is 9.47 Å². The van der Waals surface area contributed by atoms with Crippen molar-refractivity contribution in [3.8, 4) is 22.6 Å². The van der Waals surface area contributed by atoms with Crippen molar-refractivity contribution in [1.29, 1.82) is 0 Å². The van der Waals surface area contributed by atoms with Crippen molar-refractivity contribution in [2.24, 2.45) is 0 Å². The Labute approximate surface area is 172 Å². The first-order chi connectivity index (χ1) is 13.8. The van der Waals surface area contributed by atoms with Gasteiger partial charge in [-0.05, 0) is 54.1 Å². The summed E-state index contributed by atoms with van der Waals surface area (Å²) in [4.78, 5) is 0. The summed E-state index contributed by atoms with van der Waals surface area (Å²) in [6.07, 6.45) is 12.3. The molecule has 1 fully saturated rings. The summed E-state index contributed by atoms with van der Waals surface area (Å²) < 4.78 is 11.5. The number of methoxy groups -OCH3 is 2. The van der Waals surface area contributed by atoms with Crippen LogP contribution in [-0.4, -0.2) is 26.0 Å². The first kappa shape index (κ1) is 21.2. The Bertz CT molecular complexity index is 715. The predicted octanol–water partition coefficient (Wildman–Crippen LogP) is 7.00. The second kappa shape index (κ2) is 10.9. The molecule has 0 heterocycles. The van der Waals surface area contributed by atoms with E-state index in [-0.39, 0.29) is 7.92 Å². The van der Waals surface area contributed by atoms with Crippen LogP contribution >= 0.6 is 7.92 Å². The Morgan fingerprint density at radius 3 is 2.18 bits per heavy atom. The third-order valence-electron chi connectivity index (χ3n) is 5.93. The highest BCUT2D eigenvalue weighted by Gasteiger charge is 2.27. The van der Waals surface area contributed by atoms with E-state index >= 15 is 0 Å². The fraction of sp³-hybridized carbons (Fsp3) is 0.520.